The van der Waals surface area contributed by atoms with Crippen LogP contribution in [-0.4, -0.2) is 43.0 Å². The van der Waals surface area contributed by atoms with Gasteiger partial charge in [0.1, 0.15) is 9.92 Å². The smallest absolute Gasteiger partial charge is 0.287 e. The Hall–Kier alpha value is -1.83. The second-order valence-electron chi connectivity index (χ2n) is 6.01. The van der Waals surface area contributed by atoms with Crippen molar-refractivity contribution >= 4 is 40.0 Å². The lowest BCUT2D eigenvalue weighted by Crippen LogP contribution is -2.31. The van der Waals surface area contributed by atoms with Gasteiger partial charge in [-0.1, -0.05) is 30.0 Å². The lowest BCUT2D eigenvalue weighted by atomic mass is 10.1. The molecule has 1 N–H and O–H groups in total. The number of likely N-dealkylation sites (N-methyl/N-ethyl adjacent to an activating group) is 1. The van der Waals surface area contributed by atoms with Crippen molar-refractivity contribution in [2.75, 3.05) is 27.2 Å². The number of aryl methyl sites for hydroxylation is 1. The molecule has 0 saturated heterocycles. The Balaban J connectivity index is 1.82. The molecule has 0 fully saturated rings. The van der Waals surface area contributed by atoms with Crippen LogP contribution in [0.4, 0.5) is 0 Å². The first-order chi connectivity index (χ1) is 12.0. The van der Waals surface area contributed by atoms with Crippen molar-refractivity contribution in [2.24, 2.45) is 0 Å². The standard InChI is InChI=1S/C18H21N3O2S2/c1-12-10-24-18(20-12)25-11-14-13-6-4-5-7-15(13)23-16(14)17(22)19-8-9-21(2)3/h4-7,10H,8-9,11H2,1-3H3,(H,19,22). The van der Waals surface area contributed by atoms with E-state index in [1.54, 1.807) is 23.1 Å². The van der Waals surface area contributed by atoms with E-state index in [2.05, 4.69) is 10.3 Å². The number of nitrogens with zero attached hydrogens (tertiary/aromatic N) is 2. The van der Waals surface area contributed by atoms with Gasteiger partial charge in [0.2, 0.25) is 0 Å². The molecule has 7 heteroatoms. The van der Waals surface area contributed by atoms with Crippen molar-refractivity contribution in [2.45, 2.75) is 17.0 Å². The van der Waals surface area contributed by atoms with E-state index in [1.165, 1.54) is 0 Å². The van der Waals surface area contributed by atoms with E-state index < -0.39 is 0 Å². The minimum atomic E-state index is -0.163. The second kappa shape index (κ2) is 8.03. The second-order valence-corrected chi connectivity index (χ2v) is 8.09. The molecule has 3 aromatic rings. The Bertz CT molecular complexity index is 870. The SMILES string of the molecule is Cc1csc(SCc2c(C(=O)NCCN(C)C)oc3ccccc23)n1. The molecular formula is C18H21N3O2S2. The number of aromatic nitrogens is 1. The third-order valence-corrected chi connectivity index (χ3v) is 5.85. The molecule has 0 atom stereocenters. The van der Waals surface area contributed by atoms with Crippen molar-refractivity contribution in [3.05, 3.63) is 46.7 Å². The number of rotatable bonds is 7. The fraction of sp³-hybridized carbons (Fsp3) is 0.333. The lowest BCUT2D eigenvalue weighted by Gasteiger charge is -2.10. The zero-order valence-electron chi connectivity index (χ0n) is 14.5. The molecule has 2 aromatic heterocycles. The Kier molecular flexibility index (Phi) is 5.78. The Morgan fingerprint density at radius 1 is 1.36 bits per heavy atom. The molecule has 5 nitrogen and oxygen atoms in total. The fourth-order valence-corrected chi connectivity index (χ4v) is 4.31. The molecule has 132 valence electrons. The zero-order valence-corrected chi connectivity index (χ0v) is 16.2. The molecule has 2 heterocycles. The molecule has 3 rings (SSSR count). The number of hydrogen-bond acceptors (Lipinski definition) is 6. The van der Waals surface area contributed by atoms with E-state index in [4.69, 9.17) is 4.42 Å². The number of para-hydroxylation sites is 1. The molecule has 0 aliphatic rings. The average Bonchev–Trinajstić information content (AvgIpc) is 3.16. The van der Waals surface area contributed by atoms with Crippen molar-refractivity contribution < 1.29 is 9.21 Å². The molecule has 1 amide bonds. The van der Waals surface area contributed by atoms with Gasteiger partial charge in [-0.25, -0.2) is 4.98 Å². The summed E-state index contributed by atoms with van der Waals surface area (Å²) < 4.78 is 6.86. The van der Waals surface area contributed by atoms with Crippen LogP contribution in [0.1, 0.15) is 21.8 Å². The maximum absolute atomic E-state index is 12.6. The number of carbonyl (C=O) groups is 1. The number of thiazole rings is 1. The van der Waals surface area contributed by atoms with Crippen LogP contribution in [0.15, 0.2) is 38.4 Å². The van der Waals surface area contributed by atoms with Crippen molar-refractivity contribution in [3.63, 3.8) is 0 Å². The summed E-state index contributed by atoms with van der Waals surface area (Å²) in [5, 5.41) is 5.96. The topological polar surface area (TPSA) is 58.4 Å². The predicted molar refractivity (Wildman–Crippen MR) is 104 cm³/mol. The van der Waals surface area contributed by atoms with E-state index >= 15 is 0 Å². The molecule has 0 unspecified atom stereocenters. The monoisotopic (exact) mass is 375 g/mol. The van der Waals surface area contributed by atoms with Crippen LogP contribution in [0.5, 0.6) is 0 Å². The Morgan fingerprint density at radius 2 is 2.16 bits per heavy atom. The Labute approximate surface area is 155 Å². The highest BCUT2D eigenvalue weighted by Crippen LogP contribution is 2.33. The van der Waals surface area contributed by atoms with E-state index in [1.807, 2.05) is 55.6 Å². The quantitative estimate of drug-likeness (QED) is 0.637. The summed E-state index contributed by atoms with van der Waals surface area (Å²) in [7, 11) is 3.96. The maximum Gasteiger partial charge on any atom is 0.287 e. The van der Waals surface area contributed by atoms with Crippen LogP contribution in [0.25, 0.3) is 11.0 Å². The van der Waals surface area contributed by atoms with Crippen LogP contribution in [0, 0.1) is 6.92 Å². The number of benzene rings is 1. The summed E-state index contributed by atoms with van der Waals surface area (Å²) in [5.74, 6) is 0.894. The van der Waals surface area contributed by atoms with Gasteiger partial charge in [0, 0.05) is 40.9 Å². The number of fused-ring (bicyclic) bond motifs is 1. The van der Waals surface area contributed by atoms with Gasteiger partial charge in [-0.2, -0.15) is 0 Å². The van der Waals surface area contributed by atoms with Gasteiger partial charge in [0.25, 0.3) is 5.91 Å². The van der Waals surface area contributed by atoms with Crippen molar-refractivity contribution in [1.82, 2.24) is 15.2 Å². The van der Waals surface area contributed by atoms with Gasteiger partial charge in [-0.05, 0) is 27.1 Å². The third-order valence-electron chi connectivity index (χ3n) is 3.69. The van der Waals surface area contributed by atoms with Crippen LogP contribution in [0.3, 0.4) is 0 Å². The van der Waals surface area contributed by atoms with Gasteiger partial charge in [-0.3, -0.25) is 4.79 Å². The van der Waals surface area contributed by atoms with Crippen LogP contribution in [-0.2, 0) is 5.75 Å². The number of carbonyl (C=O) groups excluding carboxylic acids is 1. The number of thioether (sulfide) groups is 1. The molecule has 0 radical (unpaired) electrons. The molecule has 0 aliphatic heterocycles. The summed E-state index contributed by atoms with van der Waals surface area (Å²) in [6, 6.07) is 7.78. The first-order valence-corrected chi connectivity index (χ1v) is 9.89. The van der Waals surface area contributed by atoms with Crippen molar-refractivity contribution in [1.29, 1.82) is 0 Å². The normalized spacial score (nSPS) is 11.4. The van der Waals surface area contributed by atoms with Gasteiger partial charge in [0.15, 0.2) is 5.76 Å². The van der Waals surface area contributed by atoms with Crippen LogP contribution >= 0.6 is 23.1 Å². The average molecular weight is 376 g/mol. The molecule has 1 aromatic carbocycles. The van der Waals surface area contributed by atoms with Gasteiger partial charge >= 0.3 is 0 Å². The van der Waals surface area contributed by atoms with Gasteiger partial charge in [0.05, 0.1) is 0 Å². The van der Waals surface area contributed by atoms with Crippen LogP contribution < -0.4 is 5.32 Å². The maximum atomic E-state index is 12.6. The Morgan fingerprint density at radius 3 is 2.88 bits per heavy atom. The highest BCUT2D eigenvalue weighted by Gasteiger charge is 2.20. The predicted octanol–water partition coefficient (Wildman–Crippen LogP) is 3.78. The van der Waals surface area contributed by atoms with Gasteiger partial charge in [-0.15, -0.1) is 11.3 Å². The highest BCUT2D eigenvalue weighted by molar-refractivity contribution is 8.00. The van der Waals surface area contributed by atoms with E-state index in [0.717, 1.165) is 33.1 Å². The highest BCUT2D eigenvalue weighted by atomic mass is 32.2. The summed E-state index contributed by atoms with van der Waals surface area (Å²) >= 11 is 3.26. The zero-order chi connectivity index (χ0) is 17.8. The molecule has 25 heavy (non-hydrogen) atoms. The first kappa shape index (κ1) is 18.0. The first-order valence-electron chi connectivity index (χ1n) is 8.03. The largest absolute Gasteiger partial charge is 0.451 e. The fourth-order valence-electron chi connectivity index (χ4n) is 2.43. The molecule has 0 spiro atoms. The number of nitrogens with one attached hydrogen (secondary N) is 1. The van der Waals surface area contributed by atoms with E-state index in [0.29, 0.717) is 18.1 Å². The minimum Gasteiger partial charge on any atom is -0.451 e. The summed E-state index contributed by atoms with van der Waals surface area (Å²) in [4.78, 5) is 19.1. The summed E-state index contributed by atoms with van der Waals surface area (Å²) in [6.45, 7) is 3.35. The number of furan rings is 1. The minimum absolute atomic E-state index is 0.163. The molecule has 0 aliphatic carbocycles. The third kappa shape index (κ3) is 4.42. The summed E-state index contributed by atoms with van der Waals surface area (Å²) in [6.07, 6.45) is 0. The van der Waals surface area contributed by atoms with E-state index in [-0.39, 0.29) is 5.91 Å². The molecule has 0 bridgehead atoms. The van der Waals surface area contributed by atoms with Crippen LogP contribution in [0.2, 0.25) is 0 Å². The summed E-state index contributed by atoms with van der Waals surface area (Å²) in [5.41, 5.74) is 2.69. The van der Waals surface area contributed by atoms with E-state index in [9.17, 15) is 4.79 Å². The molecule has 0 saturated carbocycles. The lowest BCUT2D eigenvalue weighted by molar-refractivity contribution is 0.0924. The molecular weight excluding hydrogens is 354 g/mol. The number of hydrogen-bond donors (Lipinski definition) is 1. The number of amides is 1. The van der Waals surface area contributed by atoms with Gasteiger partial charge < -0.3 is 14.6 Å². The van der Waals surface area contributed by atoms with Crippen molar-refractivity contribution in [3.8, 4) is 0 Å².